The summed E-state index contributed by atoms with van der Waals surface area (Å²) >= 11 is 3.42. The molecule has 2 fully saturated rings. The highest BCUT2D eigenvalue weighted by Crippen LogP contribution is 2.39. The van der Waals surface area contributed by atoms with E-state index in [1.54, 1.807) is 18.2 Å². The highest BCUT2D eigenvalue weighted by molar-refractivity contribution is 9.10. The van der Waals surface area contributed by atoms with Crippen molar-refractivity contribution in [2.45, 2.75) is 31.2 Å². The van der Waals surface area contributed by atoms with Crippen molar-refractivity contribution < 1.29 is 19.4 Å². The van der Waals surface area contributed by atoms with Gasteiger partial charge in [0.05, 0.1) is 12.2 Å². The second kappa shape index (κ2) is 8.26. The Kier molecular flexibility index (Phi) is 5.72. The number of hydrogen-bond donors (Lipinski definition) is 1. The molecule has 1 N–H and O–H groups in total. The van der Waals surface area contributed by atoms with Gasteiger partial charge >= 0.3 is 5.97 Å². The quantitative estimate of drug-likeness (QED) is 0.760. The summed E-state index contributed by atoms with van der Waals surface area (Å²) in [5.74, 6) is -1.34. The lowest BCUT2D eigenvalue weighted by molar-refractivity contribution is -0.144. The highest BCUT2D eigenvalue weighted by Gasteiger charge is 2.54. The van der Waals surface area contributed by atoms with Crippen LogP contribution in [-0.4, -0.2) is 58.2 Å². The van der Waals surface area contributed by atoms with E-state index in [9.17, 15) is 14.7 Å². The number of carboxylic acids is 1. The molecule has 152 valence electrons. The number of likely N-dealkylation sites (tertiary alicyclic amines) is 1. The van der Waals surface area contributed by atoms with Gasteiger partial charge in [0.25, 0.3) is 5.91 Å². The molecule has 0 aliphatic carbocycles. The summed E-state index contributed by atoms with van der Waals surface area (Å²) in [5.41, 5.74) is 0.818. The van der Waals surface area contributed by atoms with Crippen molar-refractivity contribution in [3.05, 3.63) is 70.2 Å². The minimum absolute atomic E-state index is 0.0181. The molecule has 0 radical (unpaired) electrons. The number of ether oxygens (including phenoxy) is 1. The fourth-order valence-corrected chi connectivity index (χ4v) is 4.68. The summed E-state index contributed by atoms with van der Waals surface area (Å²) in [5, 5.41) is 9.71. The Morgan fingerprint density at radius 2 is 1.72 bits per heavy atom. The molecule has 1 unspecified atom stereocenters. The normalized spacial score (nSPS) is 21.4. The molecule has 0 saturated carbocycles. The zero-order chi connectivity index (χ0) is 20.4. The van der Waals surface area contributed by atoms with Gasteiger partial charge in [0.2, 0.25) is 0 Å². The number of rotatable bonds is 4. The molecule has 4 rings (SSSR count). The lowest BCUT2D eigenvalue weighted by atomic mass is 9.96. The molecule has 29 heavy (non-hydrogen) atoms. The summed E-state index contributed by atoms with van der Waals surface area (Å²) in [6.45, 7) is 2.32. The average Bonchev–Trinajstić information content (AvgIpc) is 3.10. The van der Waals surface area contributed by atoms with E-state index >= 15 is 0 Å². The molecular weight excluding hydrogens is 436 g/mol. The standard InChI is InChI=1S/C22H23BrN2O4/c23-18-9-5-4-8-17(18)20(26)25-19(21(27)28)15-29-22(25)10-12-24(13-11-22)14-16-6-2-1-3-7-16/h1-9,19H,10-15H2,(H,27,28). The van der Waals surface area contributed by atoms with Gasteiger partial charge < -0.3 is 9.84 Å². The summed E-state index contributed by atoms with van der Waals surface area (Å²) in [6, 6.07) is 16.4. The minimum Gasteiger partial charge on any atom is -0.480 e. The van der Waals surface area contributed by atoms with Gasteiger partial charge in [-0.05, 0) is 33.6 Å². The molecule has 0 aromatic heterocycles. The Labute approximate surface area is 178 Å². The van der Waals surface area contributed by atoms with Gasteiger partial charge in [-0.15, -0.1) is 0 Å². The first-order valence-corrected chi connectivity index (χ1v) is 10.5. The lowest BCUT2D eigenvalue weighted by Gasteiger charge is -2.44. The number of hydrogen-bond acceptors (Lipinski definition) is 4. The number of halogens is 1. The molecular formula is C22H23BrN2O4. The van der Waals surface area contributed by atoms with Crippen LogP contribution in [0.3, 0.4) is 0 Å². The third kappa shape index (κ3) is 3.95. The number of benzene rings is 2. The monoisotopic (exact) mass is 458 g/mol. The molecule has 7 heteroatoms. The fourth-order valence-electron chi connectivity index (χ4n) is 4.22. The van der Waals surface area contributed by atoms with Gasteiger partial charge in [-0.25, -0.2) is 4.79 Å². The molecule has 2 saturated heterocycles. The Hall–Kier alpha value is -2.22. The second-order valence-corrected chi connectivity index (χ2v) is 8.38. The van der Waals surface area contributed by atoms with E-state index in [2.05, 4.69) is 33.0 Å². The SMILES string of the molecule is O=C(O)C1COC2(CCN(Cc3ccccc3)CC2)N1C(=O)c1ccccc1Br. The minimum atomic E-state index is -1.03. The lowest BCUT2D eigenvalue weighted by Crippen LogP contribution is -2.58. The first kappa shape index (κ1) is 20.1. The van der Waals surface area contributed by atoms with Crippen LogP contribution in [0.5, 0.6) is 0 Å². The molecule has 0 bridgehead atoms. The van der Waals surface area contributed by atoms with Crippen LogP contribution in [0.25, 0.3) is 0 Å². The third-order valence-corrected chi connectivity index (χ3v) is 6.45. The fraction of sp³-hybridized carbons (Fsp3) is 0.364. The predicted octanol–water partition coefficient (Wildman–Crippen LogP) is 3.37. The van der Waals surface area contributed by atoms with Gasteiger partial charge in [0.15, 0.2) is 6.04 Å². The summed E-state index contributed by atoms with van der Waals surface area (Å²) in [4.78, 5) is 29.0. The van der Waals surface area contributed by atoms with Crippen LogP contribution in [0.2, 0.25) is 0 Å². The Bertz CT molecular complexity index is 897. The number of carbonyl (C=O) groups excluding carboxylic acids is 1. The van der Waals surface area contributed by atoms with Gasteiger partial charge in [0.1, 0.15) is 5.72 Å². The first-order chi connectivity index (χ1) is 14.0. The average molecular weight is 459 g/mol. The highest BCUT2D eigenvalue weighted by atomic mass is 79.9. The zero-order valence-corrected chi connectivity index (χ0v) is 17.5. The number of amides is 1. The summed E-state index contributed by atoms with van der Waals surface area (Å²) in [6.07, 6.45) is 1.17. The smallest absolute Gasteiger partial charge is 0.328 e. The molecule has 1 amide bonds. The number of nitrogens with zero attached hydrogens (tertiary/aromatic N) is 2. The van der Waals surface area contributed by atoms with E-state index in [-0.39, 0.29) is 12.5 Å². The topological polar surface area (TPSA) is 70.1 Å². The predicted molar refractivity (Wildman–Crippen MR) is 111 cm³/mol. The van der Waals surface area contributed by atoms with Crippen molar-refractivity contribution in [2.24, 2.45) is 0 Å². The van der Waals surface area contributed by atoms with Crippen molar-refractivity contribution in [3.63, 3.8) is 0 Å². The maximum absolute atomic E-state index is 13.4. The van der Waals surface area contributed by atoms with E-state index in [0.717, 1.165) is 19.6 Å². The zero-order valence-electron chi connectivity index (χ0n) is 16.0. The van der Waals surface area contributed by atoms with Crippen molar-refractivity contribution >= 4 is 27.8 Å². The van der Waals surface area contributed by atoms with Crippen molar-refractivity contribution in [2.75, 3.05) is 19.7 Å². The van der Waals surface area contributed by atoms with Crippen LogP contribution >= 0.6 is 15.9 Å². The van der Waals surface area contributed by atoms with E-state index in [1.807, 2.05) is 24.3 Å². The van der Waals surface area contributed by atoms with Crippen molar-refractivity contribution in [1.29, 1.82) is 0 Å². The molecule has 2 aliphatic heterocycles. The van der Waals surface area contributed by atoms with Gasteiger partial charge in [-0.2, -0.15) is 0 Å². The summed E-state index contributed by atoms with van der Waals surface area (Å²) in [7, 11) is 0. The largest absolute Gasteiger partial charge is 0.480 e. The number of piperidine rings is 1. The van der Waals surface area contributed by atoms with Crippen LogP contribution in [0.4, 0.5) is 0 Å². The number of carboxylic acid groups (broad SMARTS) is 1. The third-order valence-electron chi connectivity index (χ3n) is 5.76. The van der Waals surface area contributed by atoms with Crippen LogP contribution in [0.1, 0.15) is 28.8 Å². The molecule has 6 nitrogen and oxygen atoms in total. The van der Waals surface area contributed by atoms with E-state index in [0.29, 0.717) is 22.9 Å². The Morgan fingerprint density at radius 1 is 1.07 bits per heavy atom. The maximum Gasteiger partial charge on any atom is 0.328 e. The molecule has 2 aliphatic rings. The number of carbonyl (C=O) groups is 2. The van der Waals surface area contributed by atoms with E-state index in [4.69, 9.17) is 4.74 Å². The Balaban J connectivity index is 1.55. The van der Waals surface area contributed by atoms with Crippen molar-refractivity contribution in [1.82, 2.24) is 9.80 Å². The molecule has 2 aromatic rings. The Morgan fingerprint density at radius 3 is 2.38 bits per heavy atom. The first-order valence-electron chi connectivity index (χ1n) is 9.71. The summed E-state index contributed by atoms with van der Waals surface area (Å²) < 4.78 is 6.68. The van der Waals surface area contributed by atoms with Crippen LogP contribution in [-0.2, 0) is 16.1 Å². The second-order valence-electron chi connectivity index (χ2n) is 7.53. The molecule has 1 atom stereocenters. The molecule has 2 heterocycles. The number of aliphatic carboxylic acids is 1. The van der Waals surface area contributed by atoms with Crippen LogP contribution in [0.15, 0.2) is 59.1 Å². The van der Waals surface area contributed by atoms with Gasteiger partial charge in [-0.3, -0.25) is 14.6 Å². The van der Waals surface area contributed by atoms with Crippen LogP contribution in [0, 0.1) is 0 Å². The van der Waals surface area contributed by atoms with E-state index in [1.165, 1.54) is 10.5 Å². The van der Waals surface area contributed by atoms with Crippen molar-refractivity contribution in [3.8, 4) is 0 Å². The molecule has 2 aromatic carbocycles. The van der Waals surface area contributed by atoms with Crippen LogP contribution < -0.4 is 0 Å². The van der Waals surface area contributed by atoms with Gasteiger partial charge in [0, 0.05) is 36.9 Å². The molecule has 1 spiro atoms. The maximum atomic E-state index is 13.4. The van der Waals surface area contributed by atoms with E-state index < -0.39 is 17.7 Å². The van der Waals surface area contributed by atoms with Gasteiger partial charge in [-0.1, -0.05) is 42.5 Å².